The summed E-state index contributed by atoms with van der Waals surface area (Å²) in [4.78, 5) is 18.2. The SMILES string of the molecule is Cc1cc(C)n(-c2cccc(NC(=O)N(C)Cc3ccccn3)c2)n1. The number of hydrogen-bond donors (Lipinski definition) is 1. The average molecular weight is 335 g/mol. The molecule has 6 heteroatoms. The topological polar surface area (TPSA) is 63.1 Å². The highest BCUT2D eigenvalue weighted by Crippen LogP contribution is 2.17. The predicted octanol–water partition coefficient (Wildman–Crippen LogP) is 3.55. The molecule has 0 atom stereocenters. The van der Waals surface area contributed by atoms with Crippen LogP contribution in [0.15, 0.2) is 54.7 Å². The number of hydrogen-bond acceptors (Lipinski definition) is 3. The lowest BCUT2D eigenvalue weighted by Gasteiger charge is -2.18. The number of anilines is 1. The van der Waals surface area contributed by atoms with E-state index in [0.717, 1.165) is 28.5 Å². The minimum Gasteiger partial charge on any atom is -0.322 e. The van der Waals surface area contributed by atoms with Crippen LogP contribution < -0.4 is 5.32 Å². The molecule has 1 N–H and O–H groups in total. The fraction of sp³-hybridized carbons (Fsp3) is 0.211. The van der Waals surface area contributed by atoms with E-state index in [4.69, 9.17) is 0 Å². The van der Waals surface area contributed by atoms with E-state index in [0.29, 0.717) is 6.54 Å². The van der Waals surface area contributed by atoms with Gasteiger partial charge in [-0.1, -0.05) is 12.1 Å². The van der Waals surface area contributed by atoms with E-state index >= 15 is 0 Å². The number of rotatable bonds is 4. The highest BCUT2D eigenvalue weighted by Gasteiger charge is 2.11. The number of carbonyl (C=O) groups excluding carboxylic acids is 1. The maximum Gasteiger partial charge on any atom is 0.321 e. The Morgan fingerprint density at radius 3 is 2.68 bits per heavy atom. The second-order valence-corrected chi connectivity index (χ2v) is 6.00. The number of aryl methyl sites for hydroxylation is 2. The molecule has 0 saturated carbocycles. The highest BCUT2D eigenvalue weighted by atomic mass is 16.2. The van der Waals surface area contributed by atoms with Crippen LogP contribution in [0, 0.1) is 13.8 Å². The number of nitrogens with zero attached hydrogens (tertiary/aromatic N) is 4. The van der Waals surface area contributed by atoms with E-state index in [1.165, 1.54) is 0 Å². The molecule has 3 aromatic rings. The molecule has 6 nitrogen and oxygen atoms in total. The summed E-state index contributed by atoms with van der Waals surface area (Å²) in [5, 5.41) is 7.39. The zero-order chi connectivity index (χ0) is 17.8. The van der Waals surface area contributed by atoms with Gasteiger partial charge in [-0.25, -0.2) is 9.48 Å². The van der Waals surface area contributed by atoms with E-state index in [1.54, 1.807) is 18.1 Å². The van der Waals surface area contributed by atoms with Crippen LogP contribution in [0.5, 0.6) is 0 Å². The first-order chi connectivity index (χ1) is 12.0. The van der Waals surface area contributed by atoms with Crippen LogP contribution in [-0.2, 0) is 6.54 Å². The van der Waals surface area contributed by atoms with Gasteiger partial charge in [0.1, 0.15) is 0 Å². The van der Waals surface area contributed by atoms with Gasteiger partial charge in [-0.3, -0.25) is 4.98 Å². The molecular formula is C19H21N5O. The van der Waals surface area contributed by atoms with Crippen molar-refractivity contribution >= 4 is 11.7 Å². The number of pyridine rings is 1. The van der Waals surface area contributed by atoms with Gasteiger partial charge in [0.2, 0.25) is 0 Å². The van der Waals surface area contributed by atoms with E-state index < -0.39 is 0 Å². The molecule has 1 aromatic carbocycles. The highest BCUT2D eigenvalue weighted by molar-refractivity contribution is 5.89. The van der Waals surface area contributed by atoms with Crippen LogP contribution in [0.1, 0.15) is 17.1 Å². The first-order valence-corrected chi connectivity index (χ1v) is 8.08. The zero-order valence-corrected chi connectivity index (χ0v) is 14.6. The van der Waals surface area contributed by atoms with E-state index in [9.17, 15) is 4.79 Å². The third-order valence-corrected chi connectivity index (χ3v) is 3.82. The Morgan fingerprint density at radius 1 is 1.16 bits per heavy atom. The van der Waals surface area contributed by atoms with E-state index in [-0.39, 0.29) is 6.03 Å². The summed E-state index contributed by atoms with van der Waals surface area (Å²) in [6, 6.07) is 15.1. The second kappa shape index (κ2) is 7.17. The summed E-state index contributed by atoms with van der Waals surface area (Å²) in [6.45, 7) is 4.41. The van der Waals surface area contributed by atoms with Crippen molar-refractivity contribution in [3.63, 3.8) is 0 Å². The van der Waals surface area contributed by atoms with Crippen molar-refractivity contribution in [2.24, 2.45) is 0 Å². The van der Waals surface area contributed by atoms with Gasteiger partial charge in [0, 0.05) is 24.6 Å². The summed E-state index contributed by atoms with van der Waals surface area (Å²) in [5.74, 6) is 0. The Bertz CT molecular complexity index is 873. The number of carbonyl (C=O) groups is 1. The molecule has 25 heavy (non-hydrogen) atoms. The molecule has 128 valence electrons. The molecule has 0 fully saturated rings. The average Bonchev–Trinajstić information content (AvgIpc) is 2.94. The minimum atomic E-state index is -0.184. The largest absolute Gasteiger partial charge is 0.322 e. The predicted molar refractivity (Wildman–Crippen MR) is 97.8 cm³/mol. The lowest BCUT2D eigenvalue weighted by molar-refractivity contribution is 0.220. The van der Waals surface area contributed by atoms with Crippen LogP contribution >= 0.6 is 0 Å². The third kappa shape index (κ3) is 4.03. The summed E-state index contributed by atoms with van der Waals surface area (Å²) in [5.41, 5.74) is 4.49. The van der Waals surface area contributed by atoms with Crippen molar-refractivity contribution < 1.29 is 4.79 Å². The van der Waals surface area contributed by atoms with Crippen molar-refractivity contribution in [3.8, 4) is 5.69 Å². The van der Waals surface area contributed by atoms with Gasteiger partial charge >= 0.3 is 6.03 Å². The molecule has 3 rings (SSSR count). The Hall–Kier alpha value is -3.15. The second-order valence-electron chi connectivity index (χ2n) is 6.00. The summed E-state index contributed by atoms with van der Waals surface area (Å²) in [6.07, 6.45) is 1.72. The molecule has 2 heterocycles. The van der Waals surface area contributed by atoms with Crippen molar-refractivity contribution in [2.75, 3.05) is 12.4 Å². The maximum absolute atomic E-state index is 12.4. The van der Waals surface area contributed by atoms with Crippen molar-refractivity contribution in [1.29, 1.82) is 0 Å². The Morgan fingerprint density at radius 2 is 2.00 bits per heavy atom. The molecule has 2 aromatic heterocycles. The quantitative estimate of drug-likeness (QED) is 0.793. The Balaban J connectivity index is 1.71. The van der Waals surface area contributed by atoms with Gasteiger partial charge in [0.25, 0.3) is 0 Å². The molecule has 0 unspecified atom stereocenters. The summed E-state index contributed by atoms with van der Waals surface area (Å²) >= 11 is 0. The van der Waals surface area contributed by atoms with Crippen LogP contribution in [0.3, 0.4) is 0 Å². The molecule has 0 aliphatic carbocycles. The van der Waals surface area contributed by atoms with Gasteiger partial charge in [0.15, 0.2) is 0 Å². The van der Waals surface area contributed by atoms with Crippen LogP contribution in [0.25, 0.3) is 5.69 Å². The minimum absolute atomic E-state index is 0.184. The number of benzene rings is 1. The third-order valence-electron chi connectivity index (χ3n) is 3.82. The van der Waals surface area contributed by atoms with Gasteiger partial charge < -0.3 is 10.2 Å². The van der Waals surface area contributed by atoms with Gasteiger partial charge in [-0.2, -0.15) is 5.10 Å². The molecule has 0 aliphatic rings. The van der Waals surface area contributed by atoms with E-state index in [1.807, 2.05) is 67.1 Å². The molecule has 2 amide bonds. The van der Waals surface area contributed by atoms with Crippen LogP contribution in [0.2, 0.25) is 0 Å². The van der Waals surface area contributed by atoms with Crippen LogP contribution in [-0.4, -0.2) is 32.7 Å². The van der Waals surface area contributed by atoms with Gasteiger partial charge in [0.05, 0.1) is 23.6 Å². The van der Waals surface area contributed by atoms with Crippen LogP contribution in [0.4, 0.5) is 10.5 Å². The fourth-order valence-electron chi connectivity index (χ4n) is 2.63. The standard InChI is InChI=1S/C19H21N5O/c1-14-11-15(2)24(22-14)18-9-6-8-16(12-18)21-19(25)23(3)13-17-7-4-5-10-20-17/h4-12H,13H2,1-3H3,(H,21,25). The van der Waals surface area contributed by atoms with Gasteiger partial charge in [-0.15, -0.1) is 0 Å². The lowest BCUT2D eigenvalue weighted by Crippen LogP contribution is -2.31. The van der Waals surface area contributed by atoms with Crippen molar-refractivity contribution in [3.05, 3.63) is 71.8 Å². The normalized spacial score (nSPS) is 10.5. The monoisotopic (exact) mass is 335 g/mol. The molecule has 0 bridgehead atoms. The number of aromatic nitrogens is 3. The molecule has 0 radical (unpaired) electrons. The fourth-order valence-corrected chi connectivity index (χ4v) is 2.63. The molecular weight excluding hydrogens is 314 g/mol. The summed E-state index contributed by atoms with van der Waals surface area (Å²) in [7, 11) is 1.74. The first-order valence-electron chi connectivity index (χ1n) is 8.08. The van der Waals surface area contributed by atoms with Crippen molar-refractivity contribution in [1.82, 2.24) is 19.7 Å². The number of urea groups is 1. The molecule has 0 saturated heterocycles. The maximum atomic E-state index is 12.4. The number of nitrogens with one attached hydrogen (secondary N) is 1. The Labute approximate surface area is 147 Å². The van der Waals surface area contributed by atoms with E-state index in [2.05, 4.69) is 15.4 Å². The molecule has 0 spiro atoms. The Kier molecular flexibility index (Phi) is 4.79. The number of amides is 2. The van der Waals surface area contributed by atoms with Gasteiger partial charge in [-0.05, 0) is 50.2 Å². The lowest BCUT2D eigenvalue weighted by atomic mass is 10.2. The first kappa shape index (κ1) is 16.7. The smallest absolute Gasteiger partial charge is 0.321 e. The van der Waals surface area contributed by atoms with Crippen molar-refractivity contribution in [2.45, 2.75) is 20.4 Å². The summed E-state index contributed by atoms with van der Waals surface area (Å²) < 4.78 is 1.86. The molecule has 0 aliphatic heterocycles. The zero-order valence-electron chi connectivity index (χ0n) is 14.6.